The van der Waals surface area contributed by atoms with Crippen LogP contribution >= 0.6 is 27.7 Å². The minimum absolute atomic E-state index is 0.122. The van der Waals surface area contributed by atoms with Gasteiger partial charge in [-0.3, -0.25) is 4.79 Å². The Hall–Kier alpha value is -2.90. The lowest BCUT2D eigenvalue weighted by molar-refractivity contribution is 0.0995. The topological polar surface area (TPSA) is 77.8 Å². The highest BCUT2D eigenvalue weighted by Crippen LogP contribution is 2.36. The Kier molecular flexibility index (Phi) is 5.78. The van der Waals surface area contributed by atoms with E-state index in [1.54, 1.807) is 23.9 Å². The van der Waals surface area contributed by atoms with Crippen molar-refractivity contribution >= 4 is 50.2 Å². The van der Waals surface area contributed by atoms with Gasteiger partial charge in [-0.15, -0.1) is 22.0 Å². The number of hydrogen-bond acceptors (Lipinski definition) is 4. The van der Waals surface area contributed by atoms with Crippen LogP contribution in [0.3, 0.4) is 0 Å². The summed E-state index contributed by atoms with van der Waals surface area (Å²) in [6, 6.07) is 23.0. The van der Waals surface area contributed by atoms with Crippen LogP contribution in [0.5, 0.6) is 5.88 Å². The number of benzene rings is 3. The van der Waals surface area contributed by atoms with Crippen molar-refractivity contribution in [1.29, 1.82) is 0 Å². The van der Waals surface area contributed by atoms with Crippen molar-refractivity contribution in [3.05, 3.63) is 88.4 Å². The first-order chi connectivity index (χ1) is 14.1. The molecule has 0 radical (unpaired) electrons. The van der Waals surface area contributed by atoms with Crippen molar-refractivity contribution in [2.24, 2.45) is 10.2 Å². The molecule has 0 saturated carbocycles. The Labute approximate surface area is 180 Å². The first-order valence-electron chi connectivity index (χ1n) is 8.83. The standard InChI is InChI=1S/C22H16BrN3O2S/c23-16-10-11-19-18(12-16)20(22(28)24-19)25-26-21(27)15-8-6-14(7-9-15)13-29-17-4-2-1-3-5-17/h1-12,24,28H,13H2. The fraction of sp³-hybridized carbons (Fsp3) is 0.0455. The summed E-state index contributed by atoms with van der Waals surface area (Å²) in [6.45, 7) is 0. The molecule has 29 heavy (non-hydrogen) atoms. The molecular formula is C22H16BrN3O2S. The van der Waals surface area contributed by atoms with Crippen LogP contribution in [0.25, 0.3) is 10.9 Å². The summed E-state index contributed by atoms with van der Waals surface area (Å²) in [6.07, 6.45) is 0. The van der Waals surface area contributed by atoms with Gasteiger partial charge in [0.05, 0.1) is 5.52 Å². The molecule has 5 nitrogen and oxygen atoms in total. The Morgan fingerprint density at radius 1 is 1.03 bits per heavy atom. The largest absolute Gasteiger partial charge is 0.493 e. The first kappa shape index (κ1) is 19.4. The number of azo groups is 1. The van der Waals surface area contributed by atoms with E-state index in [1.165, 1.54) is 4.90 Å². The summed E-state index contributed by atoms with van der Waals surface area (Å²) >= 11 is 5.13. The maximum absolute atomic E-state index is 12.4. The van der Waals surface area contributed by atoms with Crippen molar-refractivity contribution in [3.63, 3.8) is 0 Å². The number of aromatic amines is 1. The summed E-state index contributed by atoms with van der Waals surface area (Å²) in [5, 5.41) is 18.5. The number of hydrogen-bond donors (Lipinski definition) is 2. The van der Waals surface area contributed by atoms with Crippen LogP contribution in [0.4, 0.5) is 5.69 Å². The van der Waals surface area contributed by atoms with E-state index >= 15 is 0 Å². The molecule has 7 heteroatoms. The lowest BCUT2D eigenvalue weighted by Crippen LogP contribution is -1.94. The van der Waals surface area contributed by atoms with Crippen LogP contribution in [0, 0.1) is 0 Å². The minimum Gasteiger partial charge on any atom is -0.493 e. The van der Waals surface area contributed by atoms with Gasteiger partial charge in [-0.1, -0.05) is 46.3 Å². The molecule has 0 aliphatic rings. The highest BCUT2D eigenvalue weighted by molar-refractivity contribution is 9.10. The summed E-state index contributed by atoms with van der Waals surface area (Å²) in [5.74, 6) is 0.233. The molecule has 2 N–H and O–H groups in total. The normalized spacial score (nSPS) is 11.3. The summed E-state index contributed by atoms with van der Waals surface area (Å²) < 4.78 is 0.843. The maximum Gasteiger partial charge on any atom is 0.295 e. The van der Waals surface area contributed by atoms with Gasteiger partial charge in [0.1, 0.15) is 0 Å². The number of thioether (sulfide) groups is 1. The molecule has 0 bridgehead atoms. The van der Waals surface area contributed by atoms with Crippen molar-refractivity contribution in [2.45, 2.75) is 10.6 Å². The molecule has 3 aromatic carbocycles. The second kappa shape index (κ2) is 8.63. The van der Waals surface area contributed by atoms with Crippen molar-refractivity contribution < 1.29 is 9.90 Å². The molecule has 0 aliphatic heterocycles. The Morgan fingerprint density at radius 2 is 1.79 bits per heavy atom. The van der Waals surface area contributed by atoms with Gasteiger partial charge in [0.15, 0.2) is 5.69 Å². The Bertz CT molecular complexity index is 1190. The fourth-order valence-corrected chi connectivity index (χ4v) is 4.05. The molecule has 0 spiro atoms. The van der Waals surface area contributed by atoms with Gasteiger partial charge in [0.25, 0.3) is 5.91 Å². The van der Waals surface area contributed by atoms with E-state index in [-0.39, 0.29) is 11.6 Å². The molecule has 1 aromatic heterocycles. The zero-order valence-corrected chi connectivity index (χ0v) is 17.6. The average molecular weight is 466 g/mol. The number of carbonyl (C=O) groups excluding carboxylic acids is 1. The van der Waals surface area contributed by atoms with Gasteiger partial charge in [-0.05, 0) is 48.0 Å². The third-order valence-corrected chi connectivity index (χ3v) is 5.88. The third kappa shape index (κ3) is 4.58. The molecule has 0 unspecified atom stereocenters. The van der Waals surface area contributed by atoms with E-state index in [1.807, 2.05) is 48.5 Å². The molecule has 1 heterocycles. The first-order valence-corrected chi connectivity index (χ1v) is 10.6. The van der Waals surface area contributed by atoms with Crippen molar-refractivity contribution in [3.8, 4) is 5.88 Å². The number of carbonyl (C=O) groups is 1. The van der Waals surface area contributed by atoms with Gasteiger partial charge in [-0.2, -0.15) is 0 Å². The van der Waals surface area contributed by atoms with Gasteiger partial charge in [0.2, 0.25) is 5.88 Å². The summed E-state index contributed by atoms with van der Waals surface area (Å²) in [5.41, 5.74) is 2.52. The van der Waals surface area contributed by atoms with Gasteiger partial charge in [-0.25, -0.2) is 0 Å². The molecule has 4 rings (SSSR count). The molecule has 0 aliphatic carbocycles. The average Bonchev–Trinajstić information content (AvgIpc) is 3.06. The van der Waals surface area contributed by atoms with E-state index in [4.69, 9.17) is 0 Å². The van der Waals surface area contributed by atoms with E-state index < -0.39 is 5.91 Å². The zero-order valence-electron chi connectivity index (χ0n) is 15.2. The molecule has 1 amide bonds. The number of fused-ring (bicyclic) bond motifs is 1. The van der Waals surface area contributed by atoms with E-state index in [2.05, 4.69) is 43.3 Å². The van der Waals surface area contributed by atoms with E-state index in [0.717, 1.165) is 15.8 Å². The second-order valence-corrected chi connectivity index (χ2v) is 8.28. The van der Waals surface area contributed by atoms with Crippen LogP contribution in [0.15, 0.2) is 92.4 Å². The smallest absolute Gasteiger partial charge is 0.295 e. The van der Waals surface area contributed by atoms with Gasteiger partial charge in [0, 0.05) is 26.1 Å². The van der Waals surface area contributed by atoms with Crippen LogP contribution in [-0.2, 0) is 5.75 Å². The molecule has 144 valence electrons. The van der Waals surface area contributed by atoms with Crippen molar-refractivity contribution in [1.82, 2.24) is 4.98 Å². The van der Waals surface area contributed by atoms with E-state index in [9.17, 15) is 9.90 Å². The van der Waals surface area contributed by atoms with Gasteiger partial charge < -0.3 is 10.1 Å². The number of aromatic nitrogens is 1. The number of H-pyrrole nitrogens is 1. The number of aromatic hydroxyl groups is 1. The number of nitrogens with zero attached hydrogens (tertiary/aromatic N) is 2. The Morgan fingerprint density at radius 3 is 2.55 bits per heavy atom. The fourth-order valence-electron chi connectivity index (χ4n) is 2.82. The van der Waals surface area contributed by atoms with Crippen LogP contribution in [0.2, 0.25) is 0 Å². The highest BCUT2D eigenvalue weighted by atomic mass is 79.9. The molecular weight excluding hydrogens is 450 g/mol. The predicted octanol–water partition coefficient (Wildman–Crippen LogP) is 6.85. The van der Waals surface area contributed by atoms with Crippen LogP contribution < -0.4 is 0 Å². The van der Waals surface area contributed by atoms with Crippen LogP contribution in [0.1, 0.15) is 15.9 Å². The SMILES string of the molecule is O=C(N=Nc1c(O)[nH]c2ccc(Br)cc12)c1ccc(CSc2ccccc2)cc1. The monoisotopic (exact) mass is 465 g/mol. The second-order valence-electron chi connectivity index (χ2n) is 6.32. The van der Waals surface area contributed by atoms with Crippen LogP contribution in [-0.4, -0.2) is 16.0 Å². The quantitative estimate of drug-likeness (QED) is 0.249. The summed E-state index contributed by atoms with van der Waals surface area (Å²) in [7, 11) is 0. The lowest BCUT2D eigenvalue weighted by atomic mass is 10.1. The Balaban J connectivity index is 1.46. The molecule has 0 atom stereocenters. The van der Waals surface area contributed by atoms with E-state index in [0.29, 0.717) is 16.5 Å². The lowest BCUT2D eigenvalue weighted by Gasteiger charge is -2.02. The number of amides is 1. The maximum atomic E-state index is 12.4. The third-order valence-electron chi connectivity index (χ3n) is 4.30. The van der Waals surface area contributed by atoms with Crippen molar-refractivity contribution in [2.75, 3.05) is 0 Å². The van der Waals surface area contributed by atoms with Gasteiger partial charge >= 0.3 is 0 Å². The number of halogens is 1. The molecule has 0 saturated heterocycles. The predicted molar refractivity (Wildman–Crippen MR) is 119 cm³/mol. The number of nitrogens with one attached hydrogen (secondary N) is 1. The molecule has 4 aromatic rings. The number of rotatable bonds is 5. The highest BCUT2D eigenvalue weighted by Gasteiger charge is 2.12. The zero-order chi connectivity index (χ0) is 20.2. The minimum atomic E-state index is -0.462. The molecule has 0 fully saturated rings. The summed E-state index contributed by atoms with van der Waals surface area (Å²) in [4.78, 5) is 16.4.